The van der Waals surface area contributed by atoms with Crippen LogP contribution in [0.2, 0.25) is 0 Å². The minimum Gasteiger partial charge on any atom is -0.458 e. The van der Waals surface area contributed by atoms with Crippen LogP contribution < -0.4 is 30.8 Å². The highest BCUT2D eigenvalue weighted by molar-refractivity contribution is 6.99. The van der Waals surface area contributed by atoms with E-state index in [4.69, 9.17) is 9.47 Å². The fraction of sp³-hybridized carbons (Fsp3) is 0.0833. The number of ether oxygens (including phenoxy) is 2. The molecule has 3 aliphatic heterocycles. The van der Waals surface area contributed by atoms with E-state index in [0.717, 1.165) is 47.8 Å². The van der Waals surface area contributed by atoms with E-state index >= 15 is 0 Å². The van der Waals surface area contributed by atoms with Crippen LogP contribution in [-0.2, 0) is 11.8 Å². The van der Waals surface area contributed by atoms with E-state index in [-0.39, 0.29) is 6.71 Å². The first-order chi connectivity index (χ1) is 25.8. The zero-order valence-electron chi connectivity index (χ0n) is 28.5. The molecule has 12 rings (SSSR count). The van der Waals surface area contributed by atoms with Crippen molar-refractivity contribution in [2.75, 3.05) is 11.4 Å². The molecule has 244 valence electrons. The maximum atomic E-state index is 6.80. The molecule has 3 heterocycles. The molecule has 0 unspecified atom stereocenters. The molecular weight excluding hydrogens is 633 g/mol. The normalized spacial score (nSPS) is 14.4. The molecule has 1 aliphatic carbocycles. The second-order valence-electron chi connectivity index (χ2n) is 14.6. The van der Waals surface area contributed by atoms with Crippen molar-refractivity contribution in [3.8, 4) is 23.0 Å². The molecule has 0 saturated carbocycles. The molecule has 0 atom stereocenters. The quantitative estimate of drug-likeness (QED) is 0.131. The Labute approximate surface area is 302 Å². The van der Waals surface area contributed by atoms with Crippen molar-refractivity contribution >= 4 is 56.0 Å². The van der Waals surface area contributed by atoms with Crippen molar-refractivity contribution in [3.05, 3.63) is 186 Å². The van der Waals surface area contributed by atoms with Gasteiger partial charge in [0, 0.05) is 23.4 Å². The predicted molar refractivity (Wildman–Crippen MR) is 213 cm³/mol. The number of aryl methyl sites for hydroxylation is 1. The van der Waals surface area contributed by atoms with Crippen LogP contribution in [0.25, 0.3) is 21.5 Å². The van der Waals surface area contributed by atoms with Crippen molar-refractivity contribution < 1.29 is 9.47 Å². The van der Waals surface area contributed by atoms with Crippen LogP contribution in [-0.4, -0.2) is 13.3 Å². The molecule has 0 bridgehead atoms. The van der Waals surface area contributed by atoms with E-state index in [1.807, 2.05) is 6.07 Å². The van der Waals surface area contributed by atoms with Crippen LogP contribution in [0.1, 0.15) is 34.2 Å². The van der Waals surface area contributed by atoms with Gasteiger partial charge in [-0.2, -0.15) is 0 Å². The summed E-state index contributed by atoms with van der Waals surface area (Å²) >= 11 is 0. The fourth-order valence-corrected chi connectivity index (χ4v) is 10.2. The Kier molecular flexibility index (Phi) is 5.69. The van der Waals surface area contributed by atoms with Crippen molar-refractivity contribution in [2.24, 2.45) is 0 Å². The Bertz CT molecular complexity index is 2680. The molecule has 8 aromatic carbocycles. The summed E-state index contributed by atoms with van der Waals surface area (Å²) < 4.78 is 13.6. The standard InChI is InChI=1S/C48H32BNO2/c1-3-14-33(15-4-1)50(34-16-5-2-6-17-34)29-11-13-32-28-27-31-26-25-30-12-7-18-35-42(30)43(31)44(32)48(35)36-19-8-21-38-45(36)49-46-37(48)20-9-22-39(46)52-41-24-10-23-40(51-38)47(41)49/h1-10,12,14-28H,11,13,29H2. The van der Waals surface area contributed by atoms with Crippen LogP contribution in [0.5, 0.6) is 23.0 Å². The summed E-state index contributed by atoms with van der Waals surface area (Å²) in [4.78, 5) is 2.46. The molecular formula is C48H32BNO2. The van der Waals surface area contributed by atoms with Crippen molar-refractivity contribution in [3.63, 3.8) is 0 Å². The van der Waals surface area contributed by atoms with E-state index in [1.165, 1.54) is 71.7 Å². The van der Waals surface area contributed by atoms with Gasteiger partial charge in [0.2, 0.25) is 0 Å². The van der Waals surface area contributed by atoms with Crippen molar-refractivity contribution in [2.45, 2.75) is 18.3 Å². The van der Waals surface area contributed by atoms with Crippen LogP contribution in [0.4, 0.5) is 11.4 Å². The predicted octanol–water partition coefficient (Wildman–Crippen LogP) is 9.50. The Morgan fingerprint density at radius 3 is 1.62 bits per heavy atom. The molecule has 0 N–H and O–H groups in total. The summed E-state index contributed by atoms with van der Waals surface area (Å²) in [5, 5.41) is 5.34. The summed E-state index contributed by atoms with van der Waals surface area (Å²) in [6, 6.07) is 57.7. The number of para-hydroxylation sites is 2. The van der Waals surface area contributed by atoms with Gasteiger partial charge in [0.05, 0.1) is 5.41 Å². The maximum Gasteiger partial charge on any atom is 0.261 e. The molecule has 0 amide bonds. The molecule has 4 aliphatic rings. The number of anilines is 2. The second kappa shape index (κ2) is 10.4. The number of nitrogens with zero attached hydrogens (tertiary/aromatic N) is 1. The van der Waals surface area contributed by atoms with E-state index in [2.05, 4.69) is 157 Å². The third-order valence-electron chi connectivity index (χ3n) is 12.1. The zero-order chi connectivity index (χ0) is 34.0. The molecule has 3 nitrogen and oxygen atoms in total. The van der Waals surface area contributed by atoms with Gasteiger partial charge < -0.3 is 14.4 Å². The third-order valence-corrected chi connectivity index (χ3v) is 12.1. The minimum atomic E-state index is -0.527. The number of benzene rings is 8. The monoisotopic (exact) mass is 665 g/mol. The molecule has 4 heteroatoms. The van der Waals surface area contributed by atoms with E-state index < -0.39 is 5.41 Å². The summed E-state index contributed by atoms with van der Waals surface area (Å²) in [7, 11) is 0. The molecule has 0 radical (unpaired) electrons. The SMILES string of the molecule is c1ccc(N(CCCc2ccc3ccc4cccc5c4c3c2C52c3cccc4c3B3c5c(cccc5Oc5cccc2c53)O4)c2ccccc2)cc1. The highest BCUT2D eigenvalue weighted by Gasteiger charge is 2.56. The lowest BCUT2D eigenvalue weighted by molar-refractivity contribution is 0.461. The van der Waals surface area contributed by atoms with Crippen LogP contribution in [0.3, 0.4) is 0 Å². The van der Waals surface area contributed by atoms with Crippen LogP contribution in [0, 0.1) is 0 Å². The molecule has 0 aromatic heterocycles. The minimum absolute atomic E-state index is 0.0487. The summed E-state index contributed by atoms with van der Waals surface area (Å²) in [5.41, 5.74) is 12.4. The van der Waals surface area contributed by atoms with Gasteiger partial charge in [-0.15, -0.1) is 0 Å². The molecule has 0 fully saturated rings. The summed E-state index contributed by atoms with van der Waals surface area (Å²) in [6.07, 6.45) is 1.94. The number of hydrogen-bond donors (Lipinski definition) is 0. The first kappa shape index (κ1) is 28.4. The van der Waals surface area contributed by atoms with Gasteiger partial charge >= 0.3 is 0 Å². The third kappa shape index (κ3) is 3.56. The average molecular weight is 666 g/mol. The Morgan fingerprint density at radius 1 is 0.462 bits per heavy atom. The van der Waals surface area contributed by atoms with E-state index in [0.29, 0.717) is 0 Å². The lowest BCUT2D eigenvalue weighted by Crippen LogP contribution is -2.65. The van der Waals surface area contributed by atoms with Crippen LogP contribution >= 0.6 is 0 Å². The highest BCUT2D eigenvalue weighted by Crippen LogP contribution is 2.59. The van der Waals surface area contributed by atoms with Gasteiger partial charge in [0.25, 0.3) is 6.71 Å². The Hall–Kier alpha value is -6.26. The van der Waals surface area contributed by atoms with Gasteiger partial charge in [-0.3, -0.25) is 0 Å². The van der Waals surface area contributed by atoms with Crippen molar-refractivity contribution in [1.29, 1.82) is 0 Å². The molecule has 0 saturated heterocycles. The zero-order valence-corrected chi connectivity index (χ0v) is 28.5. The number of rotatable bonds is 6. The molecule has 8 aromatic rings. The smallest absolute Gasteiger partial charge is 0.261 e. The highest BCUT2D eigenvalue weighted by atomic mass is 16.5. The first-order valence-corrected chi connectivity index (χ1v) is 18.4. The summed E-state index contributed by atoms with van der Waals surface area (Å²) in [5.74, 6) is 3.69. The molecule has 1 spiro atoms. The Morgan fingerprint density at radius 2 is 0.981 bits per heavy atom. The number of fused-ring (bicyclic) bond motifs is 4. The van der Waals surface area contributed by atoms with E-state index in [1.54, 1.807) is 0 Å². The Balaban J connectivity index is 1.10. The topological polar surface area (TPSA) is 21.7 Å². The summed E-state index contributed by atoms with van der Waals surface area (Å²) in [6.45, 7) is 0.952. The van der Waals surface area contributed by atoms with E-state index in [9.17, 15) is 0 Å². The lowest BCUT2D eigenvalue weighted by Gasteiger charge is -2.47. The lowest BCUT2D eigenvalue weighted by atomic mass is 9.29. The van der Waals surface area contributed by atoms with Gasteiger partial charge in [0.1, 0.15) is 23.0 Å². The van der Waals surface area contributed by atoms with Crippen molar-refractivity contribution in [1.82, 2.24) is 0 Å². The average Bonchev–Trinajstić information content (AvgIpc) is 3.51. The maximum absolute atomic E-state index is 6.80. The van der Waals surface area contributed by atoms with Gasteiger partial charge in [-0.1, -0.05) is 109 Å². The molecule has 52 heavy (non-hydrogen) atoms. The van der Waals surface area contributed by atoms with Gasteiger partial charge in [0.15, 0.2) is 0 Å². The van der Waals surface area contributed by atoms with Crippen LogP contribution in [0.15, 0.2) is 158 Å². The first-order valence-electron chi connectivity index (χ1n) is 18.4. The van der Waals surface area contributed by atoms with Gasteiger partial charge in [-0.25, -0.2) is 0 Å². The second-order valence-corrected chi connectivity index (χ2v) is 14.6. The number of hydrogen-bond acceptors (Lipinski definition) is 3. The largest absolute Gasteiger partial charge is 0.458 e. The van der Waals surface area contributed by atoms with Gasteiger partial charge in [-0.05, 0) is 122 Å². The fourth-order valence-electron chi connectivity index (χ4n) is 10.2.